The number of benzene rings is 3. The van der Waals surface area contributed by atoms with E-state index < -0.39 is 0 Å². The van der Waals surface area contributed by atoms with E-state index in [1.54, 1.807) is 0 Å². The maximum absolute atomic E-state index is 13.5. The lowest BCUT2D eigenvalue weighted by Gasteiger charge is -2.16. The van der Waals surface area contributed by atoms with Gasteiger partial charge in [-0.3, -0.25) is 9.59 Å². The van der Waals surface area contributed by atoms with Gasteiger partial charge in [0.25, 0.3) is 11.8 Å². The van der Waals surface area contributed by atoms with Crippen LogP contribution in [0.3, 0.4) is 0 Å². The number of unbranched alkanes of at least 4 members (excludes halogenated alkanes) is 1. The number of carbonyl (C=O) groups excluding carboxylic acids is 2. The predicted octanol–water partition coefficient (Wildman–Crippen LogP) is 6.04. The lowest BCUT2D eigenvalue weighted by Crippen LogP contribution is -2.32. The highest BCUT2D eigenvalue weighted by molar-refractivity contribution is 6.46. The summed E-state index contributed by atoms with van der Waals surface area (Å²) >= 11 is 0. The van der Waals surface area contributed by atoms with Crippen molar-refractivity contribution in [3.8, 4) is 0 Å². The molecule has 32 heavy (non-hydrogen) atoms. The van der Waals surface area contributed by atoms with E-state index in [2.05, 4.69) is 12.2 Å². The normalized spacial score (nSPS) is 13.8. The van der Waals surface area contributed by atoms with Crippen molar-refractivity contribution in [1.82, 2.24) is 0 Å². The van der Waals surface area contributed by atoms with Gasteiger partial charge in [-0.25, -0.2) is 4.90 Å². The molecule has 3 aromatic rings. The van der Waals surface area contributed by atoms with E-state index >= 15 is 0 Å². The molecular formula is C28H28N2O2. The van der Waals surface area contributed by atoms with Crippen LogP contribution in [0.1, 0.15) is 42.0 Å². The van der Waals surface area contributed by atoms with Gasteiger partial charge in [-0.05, 0) is 67.1 Å². The SMILES string of the molecule is CCCCc1ccc(N2C(=O)C(Nc3cc(C)ccc3C)=C(c3ccccc3)C2=O)cc1. The number of amides is 2. The van der Waals surface area contributed by atoms with Gasteiger partial charge in [0.15, 0.2) is 0 Å². The smallest absolute Gasteiger partial charge is 0.282 e. The van der Waals surface area contributed by atoms with E-state index in [9.17, 15) is 9.59 Å². The molecule has 0 aliphatic carbocycles. The Bertz CT molecular complexity index is 1180. The third-order valence-corrected chi connectivity index (χ3v) is 5.81. The summed E-state index contributed by atoms with van der Waals surface area (Å²) < 4.78 is 0. The third kappa shape index (κ3) is 4.22. The largest absolute Gasteiger partial charge is 0.350 e. The predicted molar refractivity (Wildman–Crippen MR) is 130 cm³/mol. The summed E-state index contributed by atoms with van der Waals surface area (Å²) in [4.78, 5) is 28.4. The molecule has 0 saturated heterocycles. The average Bonchev–Trinajstić information content (AvgIpc) is 3.05. The lowest BCUT2D eigenvalue weighted by molar-refractivity contribution is -0.120. The third-order valence-electron chi connectivity index (χ3n) is 5.81. The molecule has 0 saturated carbocycles. The van der Waals surface area contributed by atoms with Crippen LogP contribution >= 0.6 is 0 Å². The fraction of sp³-hybridized carbons (Fsp3) is 0.214. The maximum atomic E-state index is 13.5. The van der Waals surface area contributed by atoms with Gasteiger partial charge in [0.05, 0.1) is 11.3 Å². The Hall–Kier alpha value is -3.66. The van der Waals surface area contributed by atoms with E-state index in [0.29, 0.717) is 17.0 Å². The monoisotopic (exact) mass is 424 g/mol. The van der Waals surface area contributed by atoms with Crippen LogP contribution in [0.2, 0.25) is 0 Å². The van der Waals surface area contributed by atoms with Crippen molar-refractivity contribution in [3.05, 3.63) is 101 Å². The number of imide groups is 1. The van der Waals surface area contributed by atoms with Gasteiger partial charge in [-0.1, -0.05) is 67.9 Å². The molecule has 0 radical (unpaired) electrons. The second-order valence-corrected chi connectivity index (χ2v) is 8.28. The fourth-order valence-corrected chi connectivity index (χ4v) is 3.95. The van der Waals surface area contributed by atoms with Crippen LogP contribution in [-0.2, 0) is 16.0 Å². The first-order valence-electron chi connectivity index (χ1n) is 11.1. The van der Waals surface area contributed by atoms with Crippen molar-refractivity contribution < 1.29 is 9.59 Å². The second-order valence-electron chi connectivity index (χ2n) is 8.28. The molecule has 1 aliphatic rings. The van der Waals surface area contributed by atoms with Gasteiger partial charge in [-0.15, -0.1) is 0 Å². The molecule has 4 nitrogen and oxygen atoms in total. The zero-order valence-electron chi connectivity index (χ0n) is 18.8. The minimum absolute atomic E-state index is 0.310. The zero-order valence-corrected chi connectivity index (χ0v) is 18.8. The number of nitrogens with one attached hydrogen (secondary N) is 1. The molecule has 1 heterocycles. The molecule has 1 aliphatic heterocycles. The van der Waals surface area contributed by atoms with Crippen LogP contribution in [0.5, 0.6) is 0 Å². The van der Waals surface area contributed by atoms with E-state index in [-0.39, 0.29) is 11.8 Å². The molecule has 2 amide bonds. The minimum atomic E-state index is -0.337. The topological polar surface area (TPSA) is 49.4 Å². The first kappa shape index (κ1) is 21.6. The average molecular weight is 425 g/mol. The van der Waals surface area contributed by atoms with Gasteiger partial charge in [0, 0.05) is 5.69 Å². The molecule has 3 aromatic carbocycles. The molecule has 0 atom stereocenters. The standard InChI is InChI=1S/C28H28N2O2/c1-4-5-9-21-14-16-23(17-15-21)30-27(31)25(22-10-7-6-8-11-22)26(28(30)32)29-24-18-19(2)12-13-20(24)3/h6-8,10-18,29H,4-5,9H2,1-3H3. The van der Waals surface area contributed by atoms with E-state index in [4.69, 9.17) is 0 Å². The van der Waals surface area contributed by atoms with Crippen LogP contribution < -0.4 is 10.2 Å². The van der Waals surface area contributed by atoms with Crippen molar-refractivity contribution in [2.75, 3.05) is 10.2 Å². The molecule has 4 rings (SSSR count). The van der Waals surface area contributed by atoms with Gasteiger partial charge >= 0.3 is 0 Å². The van der Waals surface area contributed by atoms with Crippen LogP contribution in [-0.4, -0.2) is 11.8 Å². The van der Waals surface area contributed by atoms with Crippen molar-refractivity contribution in [2.45, 2.75) is 40.0 Å². The number of carbonyl (C=O) groups is 2. The molecule has 0 fully saturated rings. The van der Waals surface area contributed by atoms with Crippen LogP contribution in [0.15, 0.2) is 78.5 Å². The number of hydrogen-bond acceptors (Lipinski definition) is 3. The summed E-state index contributed by atoms with van der Waals surface area (Å²) in [6.45, 7) is 6.15. The summed E-state index contributed by atoms with van der Waals surface area (Å²) in [5, 5.41) is 3.29. The fourth-order valence-electron chi connectivity index (χ4n) is 3.95. The lowest BCUT2D eigenvalue weighted by atomic mass is 10.0. The van der Waals surface area contributed by atoms with Crippen LogP contribution in [0, 0.1) is 13.8 Å². The van der Waals surface area contributed by atoms with Gasteiger partial charge in [0.1, 0.15) is 5.70 Å². The van der Waals surface area contributed by atoms with Gasteiger partial charge in [-0.2, -0.15) is 0 Å². The molecule has 162 valence electrons. The highest BCUT2D eigenvalue weighted by atomic mass is 16.2. The Morgan fingerprint density at radius 3 is 2.25 bits per heavy atom. The summed E-state index contributed by atoms with van der Waals surface area (Å²) in [5.41, 5.74) is 6.14. The van der Waals surface area contributed by atoms with Crippen LogP contribution in [0.25, 0.3) is 5.57 Å². The molecule has 0 unspecified atom stereocenters. The molecule has 0 aromatic heterocycles. The van der Waals surface area contributed by atoms with E-state index in [1.165, 1.54) is 10.5 Å². The Morgan fingerprint density at radius 2 is 1.56 bits per heavy atom. The molecule has 0 spiro atoms. The van der Waals surface area contributed by atoms with Gasteiger partial charge < -0.3 is 5.32 Å². The van der Waals surface area contributed by atoms with Gasteiger partial charge in [0.2, 0.25) is 0 Å². The summed E-state index contributed by atoms with van der Waals surface area (Å²) in [6.07, 6.45) is 3.23. The molecule has 4 heteroatoms. The first-order chi connectivity index (χ1) is 15.5. The molecule has 0 bridgehead atoms. The minimum Gasteiger partial charge on any atom is -0.350 e. The Balaban J connectivity index is 1.74. The van der Waals surface area contributed by atoms with Crippen molar-refractivity contribution in [3.63, 3.8) is 0 Å². The van der Waals surface area contributed by atoms with Crippen LogP contribution in [0.4, 0.5) is 11.4 Å². The number of hydrogen-bond donors (Lipinski definition) is 1. The first-order valence-corrected chi connectivity index (χ1v) is 11.1. The Kier molecular flexibility index (Phi) is 6.22. The summed E-state index contributed by atoms with van der Waals surface area (Å²) in [7, 11) is 0. The number of nitrogens with zero attached hydrogens (tertiary/aromatic N) is 1. The highest BCUT2D eigenvalue weighted by Gasteiger charge is 2.40. The Morgan fingerprint density at radius 1 is 0.844 bits per heavy atom. The number of aryl methyl sites for hydroxylation is 3. The molecular weight excluding hydrogens is 396 g/mol. The van der Waals surface area contributed by atoms with E-state index in [0.717, 1.165) is 41.6 Å². The van der Waals surface area contributed by atoms with E-state index in [1.807, 2.05) is 86.6 Å². The quantitative estimate of drug-likeness (QED) is 0.470. The summed E-state index contributed by atoms with van der Waals surface area (Å²) in [6, 6.07) is 23.1. The second kappa shape index (κ2) is 9.23. The number of anilines is 2. The Labute approximate surface area is 189 Å². The maximum Gasteiger partial charge on any atom is 0.282 e. The number of rotatable bonds is 7. The van der Waals surface area contributed by atoms with Crippen molar-refractivity contribution in [2.24, 2.45) is 0 Å². The van der Waals surface area contributed by atoms with Crippen molar-refractivity contribution in [1.29, 1.82) is 0 Å². The zero-order chi connectivity index (χ0) is 22.7. The highest BCUT2D eigenvalue weighted by Crippen LogP contribution is 2.34. The molecule has 1 N–H and O–H groups in total. The summed E-state index contributed by atoms with van der Waals surface area (Å²) in [5.74, 6) is -0.647. The van der Waals surface area contributed by atoms with Crippen molar-refractivity contribution >= 4 is 28.8 Å².